The van der Waals surface area contributed by atoms with E-state index in [1.807, 2.05) is 20.0 Å². The van der Waals surface area contributed by atoms with Crippen molar-refractivity contribution < 1.29 is 4.79 Å². The van der Waals surface area contributed by atoms with Gasteiger partial charge in [-0.1, -0.05) is 6.92 Å². The Labute approximate surface area is 153 Å². The number of hydrogen-bond acceptors (Lipinski definition) is 6. The van der Waals surface area contributed by atoms with E-state index in [1.54, 1.807) is 6.20 Å². The average molecular weight is 357 g/mol. The summed E-state index contributed by atoms with van der Waals surface area (Å²) in [6, 6.07) is 0. The number of amides is 1. The molecule has 140 valence electrons. The Kier molecular flexibility index (Phi) is 6.17. The molecule has 3 N–H and O–H groups in total. The van der Waals surface area contributed by atoms with Gasteiger partial charge in [-0.2, -0.15) is 0 Å². The van der Waals surface area contributed by atoms with Crippen LogP contribution in [-0.4, -0.2) is 56.9 Å². The molecule has 1 aliphatic rings. The summed E-state index contributed by atoms with van der Waals surface area (Å²) >= 11 is 0. The minimum Gasteiger partial charge on any atom is -0.368 e. The summed E-state index contributed by atoms with van der Waals surface area (Å²) in [5.74, 6) is 2.74. The first-order valence-corrected chi connectivity index (χ1v) is 9.23. The molecular weight excluding hydrogens is 330 g/mol. The Morgan fingerprint density at radius 3 is 2.88 bits per heavy atom. The van der Waals surface area contributed by atoms with E-state index in [4.69, 9.17) is 0 Å². The van der Waals surface area contributed by atoms with Crippen molar-refractivity contribution in [3.63, 3.8) is 0 Å². The standard InChI is InChI=1S/C18H27N7O/c1-3-17(26)21-8-9-22-18-14-4-10-25(12-16-19-6-7-20-16)11-5-15(14)23-13(2)24-18/h6-7H,3-5,8-12H2,1-2H3,(H,19,20)(H,21,26)(H,22,23,24). The molecule has 0 bridgehead atoms. The molecule has 2 aromatic heterocycles. The maximum Gasteiger partial charge on any atom is 0.219 e. The van der Waals surface area contributed by atoms with Gasteiger partial charge < -0.3 is 15.6 Å². The highest BCUT2D eigenvalue weighted by atomic mass is 16.1. The first kappa shape index (κ1) is 18.3. The minimum absolute atomic E-state index is 0.0677. The molecule has 0 aliphatic carbocycles. The van der Waals surface area contributed by atoms with Crippen molar-refractivity contribution in [2.45, 2.75) is 39.7 Å². The third kappa shape index (κ3) is 4.78. The molecule has 0 unspecified atom stereocenters. The van der Waals surface area contributed by atoms with Crippen LogP contribution in [0.25, 0.3) is 0 Å². The summed E-state index contributed by atoms with van der Waals surface area (Å²) < 4.78 is 0. The summed E-state index contributed by atoms with van der Waals surface area (Å²) in [6.45, 7) is 7.75. The number of carbonyl (C=O) groups excluding carboxylic acids is 1. The normalized spacial score (nSPS) is 14.5. The second kappa shape index (κ2) is 8.75. The Balaban J connectivity index is 1.63. The van der Waals surface area contributed by atoms with Gasteiger partial charge in [0, 0.05) is 57.0 Å². The lowest BCUT2D eigenvalue weighted by Crippen LogP contribution is -2.28. The third-order valence-corrected chi connectivity index (χ3v) is 4.54. The second-order valence-electron chi connectivity index (χ2n) is 6.49. The average Bonchev–Trinajstić information content (AvgIpc) is 3.06. The molecule has 3 rings (SSSR count). The maximum absolute atomic E-state index is 11.3. The van der Waals surface area contributed by atoms with E-state index in [2.05, 4.69) is 35.5 Å². The highest BCUT2D eigenvalue weighted by molar-refractivity contribution is 5.75. The number of carbonyl (C=O) groups is 1. The van der Waals surface area contributed by atoms with E-state index < -0.39 is 0 Å². The van der Waals surface area contributed by atoms with Crippen molar-refractivity contribution in [2.24, 2.45) is 0 Å². The van der Waals surface area contributed by atoms with Gasteiger partial charge in [0.2, 0.25) is 5.91 Å². The predicted octanol–water partition coefficient (Wildman–Crippen LogP) is 1.05. The van der Waals surface area contributed by atoms with E-state index in [1.165, 1.54) is 5.56 Å². The van der Waals surface area contributed by atoms with Gasteiger partial charge in [0.05, 0.1) is 12.2 Å². The Bertz CT molecular complexity index is 729. The van der Waals surface area contributed by atoms with Crippen LogP contribution in [0.3, 0.4) is 0 Å². The first-order chi connectivity index (χ1) is 12.7. The zero-order valence-corrected chi connectivity index (χ0v) is 15.5. The number of aromatic nitrogens is 4. The molecule has 1 amide bonds. The fraction of sp³-hybridized carbons (Fsp3) is 0.556. The number of anilines is 1. The maximum atomic E-state index is 11.3. The molecule has 0 saturated carbocycles. The monoisotopic (exact) mass is 357 g/mol. The van der Waals surface area contributed by atoms with Crippen molar-refractivity contribution in [1.82, 2.24) is 30.2 Å². The van der Waals surface area contributed by atoms with Crippen LogP contribution in [0.15, 0.2) is 12.4 Å². The van der Waals surface area contributed by atoms with Crippen LogP contribution in [0.5, 0.6) is 0 Å². The highest BCUT2D eigenvalue weighted by Crippen LogP contribution is 2.22. The van der Waals surface area contributed by atoms with E-state index in [0.717, 1.165) is 55.6 Å². The summed E-state index contributed by atoms with van der Waals surface area (Å²) in [7, 11) is 0. The quantitative estimate of drug-likeness (QED) is 0.641. The second-order valence-corrected chi connectivity index (χ2v) is 6.49. The van der Waals surface area contributed by atoms with Gasteiger partial charge in [-0.3, -0.25) is 9.69 Å². The fourth-order valence-electron chi connectivity index (χ4n) is 3.18. The zero-order valence-electron chi connectivity index (χ0n) is 15.5. The number of nitrogens with zero attached hydrogens (tertiary/aromatic N) is 4. The van der Waals surface area contributed by atoms with Crippen LogP contribution in [0.1, 0.15) is 36.3 Å². The Morgan fingerprint density at radius 2 is 2.12 bits per heavy atom. The lowest BCUT2D eigenvalue weighted by molar-refractivity contribution is -0.120. The summed E-state index contributed by atoms with van der Waals surface area (Å²) in [5, 5.41) is 6.26. The van der Waals surface area contributed by atoms with Crippen molar-refractivity contribution in [3.05, 3.63) is 35.3 Å². The molecule has 26 heavy (non-hydrogen) atoms. The number of aryl methyl sites for hydroxylation is 1. The minimum atomic E-state index is 0.0677. The van der Waals surface area contributed by atoms with Crippen LogP contribution in [0, 0.1) is 6.92 Å². The molecular formula is C18H27N7O. The van der Waals surface area contributed by atoms with Crippen LogP contribution >= 0.6 is 0 Å². The molecule has 0 aromatic carbocycles. The zero-order chi connectivity index (χ0) is 18.4. The smallest absolute Gasteiger partial charge is 0.219 e. The fourth-order valence-corrected chi connectivity index (χ4v) is 3.18. The van der Waals surface area contributed by atoms with E-state index in [0.29, 0.717) is 19.5 Å². The third-order valence-electron chi connectivity index (χ3n) is 4.54. The van der Waals surface area contributed by atoms with Crippen LogP contribution in [0.4, 0.5) is 5.82 Å². The SMILES string of the molecule is CCC(=O)NCCNc1nc(C)nc2c1CCN(Cc1ncc[nH]1)CC2. The largest absolute Gasteiger partial charge is 0.368 e. The molecule has 3 heterocycles. The van der Waals surface area contributed by atoms with Crippen molar-refractivity contribution in [2.75, 3.05) is 31.5 Å². The number of fused-ring (bicyclic) bond motifs is 1. The Morgan fingerprint density at radius 1 is 1.27 bits per heavy atom. The van der Waals surface area contributed by atoms with Gasteiger partial charge in [0.25, 0.3) is 0 Å². The topological polar surface area (TPSA) is 98.8 Å². The van der Waals surface area contributed by atoms with Crippen LogP contribution < -0.4 is 10.6 Å². The van der Waals surface area contributed by atoms with E-state index in [-0.39, 0.29) is 5.91 Å². The summed E-state index contributed by atoms with van der Waals surface area (Å²) in [6.07, 6.45) is 5.96. The van der Waals surface area contributed by atoms with Gasteiger partial charge in [-0.25, -0.2) is 15.0 Å². The molecule has 0 saturated heterocycles. The first-order valence-electron chi connectivity index (χ1n) is 9.23. The lowest BCUT2D eigenvalue weighted by atomic mass is 10.1. The summed E-state index contributed by atoms with van der Waals surface area (Å²) in [4.78, 5) is 30.5. The number of aromatic amines is 1. The molecule has 2 aromatic rings. The van der Waals surface area contributed by atoms with Gasteiger partial charge in [0.1, 0.15) is 17.5 Å². The lowest BCUT2D eigenvalue weighted by Gasteiger charge is -2.17. The van der Waals surface area contributed by atoms with Gasteiger partial charge >= 0.3 is 0 Å². The summed E-state index contributed by atoms with van der Waals surface area (Å²) in [5.41, 5.74) is 2.32. The number of nitrogens with one attached hydrogen (secondary N) is 3. The molecule has 0 fully saturated rings. The Hall–Kier alpha value is -2.48. The molecule has 1 aliphatic heterocycles. The molecule has 0 spiro atoms. The van der Waals surface area contributed by atoms with Gasteiger partial charge in [0.15, 0.2) is 0 Å². The van der Waals surface area contributed by atoms with Crippen molar-refractivity contribution in [3.8, 4) is 0 Å². The predicted molar refractivity (Wildman–Crippen MR) is 99.8 cm³/mol. The van der Waals surface area contributed by atoms with E-state index in [9.17, 15) is 4.79 Å². The van der Waals surface area contributed by atoms with Crippen LogP contribution in [-0.2, 0) is 24.2 Å². The molecule has 0 radical (unpaired) electrons. The van der Waals surface area contributed by atoms with Gasteiger partial charge in [-0.05, 0) is 13.3 Å². The number of imidazole rings is 1. The molecule has 8 nitrogen and oxygen atoms in total. The van der Waals surface area contributed by atoms with Crippen LogP contribution in [0.2, 0.25) is 0 Å². The van der Waals surface area contributed by atoms with E-state index >= 15 is 0 Å². The van der Waals surface area contributed by atoms with Crippen molar-refractivity contribution in [1.29, 1.82) is 0 Å². The number of hydrogen-bond donors (Lipinski definition) is 3. The molecule has 0 atom stereocenters. The highest BCUT2D eigenvalue weighted by Gasteiger charge is 2.20. The van der Waals surface area contributed by atoms with Gasteiger partial charge in [-0.15, -0.1) is 0 Å². The number of rotatable bonds is 7. The van der Waals surface area contributed by atoms with Crippen molar-refractivity contribution >= 4 is 11.7 Å². The molecule has 8 heteroatoms. The number of H-pyrrole nitrogens is 1.